The molecule has 0 bridgehead atoms. The molecule has 6 heteroatoms. The molecule has 1 aromatic carbocycles. The average Bonchev–Trinajstić information content (AvgIpc) is 2.77. The number of aryl methyl sites for hydroxylation is 1. The van der Waals surface area contributed by atoms with E-state index in [1.54, 1.807) is 0 Å². The number of rotatable bonds is 4. The molecular weight excluding hydrogens is 276 g/mol. The smallest absolute Gasteiger partial charge is 0.319 e. The lowest BCUT2D eigenvalue weighted by Gasteiger charge is -2.13. The number of hydrogen-bond donors (Lipinski definition) is 2. The number of carbonyl (C=O) groups excluding carboxylic acids is 1. The van der Waals surface area contributed by atoms with Gasteiger partial charge in [0.05, 0.1) is 11.5 Å². The Morgan fingerprint density at radius 3 is 2.75 bits per heavy atom. The summed E-state index contributed by atoms with van der Waals surface area (Å²) in [4.78, 5) is 11.8. The number of hydrogen-bond acceptors (Lipinski definition) is 3. The Balaban J connectivity index is 1.84. The van der Waals surface area contributed by atoms with Gasteiger partial charge in [0.25, 0.3) is 0 Å². The summed E-state index contributed by atoms with van der Waals surface area (Å²) < 4.78 is 22.7. The molecule has 0 aromatic heterocycles. The van der Waals surface area contributed by atoms with Gasteiger partial charge in [-0.25, -0.2) is 13.2 Å². The molecular formula is C14H20N2O3S. The molecule has 1 aromatic rings. The molecule has 1 unspecified atom stereocenters. The molecule has 1 aliphatic rings. The van der Waals surface area contributed by atoms with Crippen molar-refractivity contribution in [1.82, 2.24) is 5.32 Å². The molecule has 0 spiro atoms. The molecule has 20 heavy (non-hydrogen) atoms. The molecule has 5 nitrogen and oxygen atoms in total. The minimum atomic E-state index is -2.88. The summed E-state index contributed by atoms with van der Waals surface area (Å²) >= 11 is 0. The summed E-state index contributed by atoms with van der Waals surface area (Å²) in [5.74, 6) is 0.450. The third-order valence-corrected chi connectivity index (χ3v) is 5.36. The number of para-hydroxylation sites is 1. The second-order valence-corrected chi connectivity index (χ2v) is 7.34. The number of carbonyl (C=O) groups is 1. The van der Waals surface area contributed by atoms with Crippen LogP contribution in [0.2, 0.25) is 0 Å². The Morgan fingerprint density at radius 2 is 2.10 bits per heavy atom. The lowest BCUT2D eigenvalue weighted by Crippen LogP contribution is -2.33. The summed E-state index contributed by atoms with van der Waals surface area (Å²) in [6.45, 7) is 2.43. The standard InChI is InChI=1S/C14H20N2O3S/c1-2-12-5-3-4-6-13(12)16-14(17)15-9-11-7-8-20(18,19)10-11/h3-6,11H,2,7-10H2,1H3,(H2,15,16,17). The number of nitrogens with one attached hydrogen (secondary N) is 2. The van der Waals surface area contributed by atoms with Crippen LogP contribution in [0.15, 0.2) is 24.3 Å². The molecule has 2 rings (SSSR count). The van der Waals surface area contributed by atoms with Crippen LogP contribution in [0.1, 0.15) is 18.9 Å². The predicted octanol–water partition coefficient (Wildman–Crippen LogP) is 1.81. The zero-order valence-electron chi connectivity index (χ0n) is 11.6. The third kappa shape index (κ3) is 3.96. The van der Waals surface area contributed by atoms with Crippen molar-refractivity contribution in [3.8, 4) is 0 Å². The van der Waals surface area contributed by atoms with Crippen LogP contribution < -0.4 is 10.6 Å². The molecule has 1 fully saturated rings. The van der Waals surface area contributed by atoms with Gasteiger partial charge in [-0.15, -0.1) is 0 Å². The van der Waals surface area contributed by atoms with Gasteiger partial charge in [0, 0.05) is 12.2 Å². The molecule has 1 aliphatic heterocycles. The minimum Gasteiger partial charge on any atom is -0.338 e. The lowest BCUT2D eigenvalue weighted by atomic mass is 10.1. The Bertz CT molecular complexity index is 584. The summed E-state index contributed by atoms with van der Waals surface area (Å²) in [5, 5.41) is 5.55. The van der Waals surface area contributed by atoms with Gasteiger partial charge >= 0.3 is 6.03 Å². The number of amides is 2. The van der Waals surface area contributed by atoms with Crippen LogP contribution in [0.4, 0.5) is 10.5 Å². The van der Waals surface area contributed by atoms with Crippen molar-refractivity contribution in [2.75, 3.05) is 23.4 Å². The highest BCUT2D eigenvalue weighted by atomic mass is 32.2. The molecule has 0 radical (unpaired) electrons. The number of urea groups is 1. The zero-order valence-corrected chi connectivity index (χ0v) is 12.4. The van der Waals surface area contributed by atoms with E-state index >= 15 is 0 Å². The summed E-state index contributed by atoms with van der Waals surface area (Å²) in [5.41, 5.74) is 1.87. The van der Waals surface area contributed by atoms with Gasteiger partial charge in [0.2, 0.25) is 0 Å². The first-order valence-corrected chi connectivity index (χ1v) is 8.65. The fraction of sp³-hybridized carbons (Fsp3) is 0.500. The van der Waals surface area contributed by atoms with E-state index < -0.39 is 9.84 Å². The van der Waals surface area contributed by atoms with E-state index in [2.05, 4.69) is 10.6 Å². The SMILES string of the molecule is CCc1ccccc1NC(=O)NCC1CCS(=O)(=O)C1. The first-order valence-electron chi connectivity index (χ1n) is 6.83. The van der Waals surface area contributed by atoms with E-state index in [1.165, 1.54) is 0 Å². The van der Waals surface area contributed by atoms with Crippen LogP contribution in [0.25, 0.3) is 0 Å². The number of sulfone groups is 1. The van der Waals surface area contributed by atoms with Crippen molar-refractivity contribution in [3.63, 3.8) is 0 Å². The molecule has 1 saturated heterocycles. The van der Waals surface area contributed by atoms with Crippen molar-refractivity contribution >= 4 is 21.6 Å². The fourth-order valence-corrected chi connectivity index (χ4v) is 4.25. The minimum absolute atomic E-state index is 0.0344. The maximum Gasteiger partial charge on any atom is 0.319 e. The number of anilines is 1. The molecule has 2 N–H and O–H groups in total. The Hall–Kier alpha value is -1.56. The number of benzene rings is 1. The van der Waals surface area contributed by atoms with E-state index in [9.17, 15) is 13.2 Å². The summed E-state index contributed by atoms with van der Waals surface area (Å²) in [6, 6.07) is 7.36. The van der Waals surface area contributed by atoms with Gasteiger partial charge in [-0.3, -0.25) is 0 Å². The highest BCUT2D eigenvalue weighted by Crippen LogP contribution is 2.18. The zero-order chi connectivity index (χ0) is 14.6. The van der Waals surface area contributed by atoms with Gasteiger partial charge in [0.15, 0.2) is 9.84 Å². The van der Waals surface area contributed by atoms with Crippen molar-refractivity contribution in [2.45, 2.75) is 19.8 Å². The molecule has 1 atom stereocenters. The predicted molar refractivity (Wildman–Crippen MR) is 79.6 cm³/mol. The van der Waals surface area contributed by atoms with Gasteiger partial charge < -0.3 is 10.6 Å². The fourth-order valence-electron chi connectivity index (χ4n) is 2.39. The average molecular weight is 296 g/mol. The van der Waals surface area contributed by atoms with Crippen LogP contribution in [0.5, 0.6) is 0 Å². The van der Waals surface area contributed by atoms with Gasteiger partial charge in [-0.2, -0.15) is 0 Å². The first kappa shape index (κ1) is 14.8. The lowest BCUT2D eigenvalue weighted by molar-refractivity contribution is 0.250. The molecule has 2 amide bonds. The molecule has 0 aliphatic carbocycles. The van der Waals surface area contributed by atoms with Crippen LogP contribution in [-0.4, -0.2) is 32.5 Å². The molecule has 110 valence electrons. The monoisotopic (exact) mass is 296 g/mol. The van der Waals surface area contributed by atoms with Crippen molar-refractivity contribution in [1.29, 1.82) is 0 Å². The van der Waals surface area contributed by atoms with Crippen molar-refractivity contribution in [3.05, 3.63) is 29.8 Å². The quantitative estimate of drug-likeness (QED) is 0.889. The van der Waals surface area contributed by atoms with Gasteiger partial charge in [-0.05, 0) is 30.4 Å². The van der Waals surface area contributed by atoms with E-state index in [-0.39, 0.29) is 23.5 Å². The van der Waals surface area contributed by atoms with Crippen molar-refractivity contribution in [2.24, 2.45) is 5.92 Å². The Labute approximate surface area is 119 Å². The van der Waals surface area contributed by atoms with Crippen LogP contribution in [0, 0.1) is 5.92 Å². The third-order valence-electron chi connectivity index (χ3n) is 3.52. The molecule has 0 saturated carbocycles. The highest BCUT2D eigenvalue weighted by Gasteiger charge is 2.27. The topological polar surface area (TPSA) is 75.3 Å². The second-order valence-electron chi connectivity index (χ2n) is 5.11. The van der Waals surface area contributed by atoms with E-state index in [4.69, 9.17) is 0 Å². The largest absolute Gasteiger partial charge is 0.338 e. The first-order chi connectivity index (χ1) is 9.50. The van der Waals surface area contributed by atoms with E-state index in [0.717, 1.165) is 17.7 Å². The second kappa shape index (κ2) is 6.26. The van der Waals surface area contributed by atoms with Crippen LogP contribution >= 0.6 is 0 Å². The highest BCUT2D eigenvalue weighted by molar-refractivity contribution is 7.91. The Morgan fingerprint density at radius 1 is 1.35 bits per heavy atom. The Kier molecular flexibility index (Phi) is 4.65. The van der Waals surface area contributed by atoms with Gasteiger partial charge in [-0.1, -0.05) is 25.1 Å². The van der Waals surface area contributed by atoms with Gasteiger partial charge in [0.1, 0.15) is 0 Å². The summed E-state index contributed by atoms with van der Waals surface area (Å²) in [6.07, 6.45) is 1.48. The van der Waals surface area contributed by atoms with Crippen LogP contribution in [-0.2, 0) is 16.3 Å². The normalized spacial score (nSPS) is 20.6. The van der Waals surface area contributed by atoms with E-state index in [1.807, 2.05) is 31.2 Å². The van der Waals surface area contributed by atoms with E-state index in [0.29, 0.717) is 13.0 Å². The van der Waals surface area contributed by atoms with Crippen molar-refractivity contribution < 1.29 is 13.2 Å². The van der Waals surface area contributed by atoms with Crippen LogP contribution in [0.3, 0.4) is 0 Å². The summed E-state index contributed by atoms with van der Waals surface area (Å²) in [7, 11) is -2.88. The maximum absolute atomic E-state index is 11.8. The maximum atomic E-state index is 11.8. The molecule has 1 heterocycles.